The molecule has 0 spiro atoms. The van der Waals surface area contributed by atoms with Gasteiger partial charge in [0.25, 0.3) is 0 Å². The molecule has 0 radical (unpaired) electrons. The summed E-state index contributed by atoms with van der Waals surface area (Å²) in [6.07, 6.45) is 0. The Balaban J connectivity index is 3.09. The Bertz CT molecular complexity index is 198. The molecule has 1 rings (SSSR count). The zero-order valence-corrected chi connectivity index (χ0v) is 5.37. The Kier molecular flexibility index (Phi) is 1.60. The van der Waals surface area contributed by atoms with Crippen molar-refractivity contribution < 1.29 is 0 Å². The Hall–Kier alpha value is -0.410. The highest BCUT2D eigenvalue weighted by atomic mass is 35.5. The molecule has 0 N–H and O–H groups in total. The molecule has 0 bridgehead atoms. The van der Waals surface area contributed by atoms with E-state index < -0.39 is 0 Å². The summed E-state index contributed by atoms with van der Waals surface area (Å²) in [6.45, 7) is 0. The quantitative estimate of drug-likeness (QED) is 0.562. The zero-order valence-electron chi connectivity index (χ0n) is 3.80. The minimum Gasteiger partial charge on any atom is -0.145 e. The maximum atomic E-state index is 9.76. The predicted octanol–water partition coefficient (Wildman–Crippen LogP) is 2.80. The zero-order chi connectivity index (χ0) is 5.98. The monoisotopic (exact) mass is 147 g/mol. The Labute approximate surface area is 55.1 Å². The highest BCUT2D eigenvalue weighted by molar-refractivity contribution is 7.15. The smallest absolute Gasteiger partial charge is 0.137 e. The molecule has 0 atom stereocenters. The summed E-state index contributed by atoms with van der Waals surface area (Å²) < 4.78 is 0.458. The Morgan fingerprint density at radius 1 is 1.75 bits per heavy atom. The summed E-state index contributed by atoms with van der Waals surface area (Å²) >= 11 is 6.77. The topological polar surface area (TPSA) is 29.4 Å². The van der Waals surface area contributed by atoms with E-state index in [-0.39, 0.29) is 0 Å². The highest BCUT2D eigenvalue weighted by Gasteiger charge is 1.97. The van der Waals surface area contributed by atoms with Crippen LogP contribution in [0.3, 0.4) is 0 Å². The van der Waals surface area contributed by atoms with Gasteiger partial charge in [-0.25, -0.2) is 0 Å². The number of hydrogen-bond donors (Lipinski definition) is 0. The maximum absolute atomic E-state index is 9.76. The van der Waals surface area contributed by atoms with Crippen molar-refractivity contribution in [3.63, 3.8) is 0 Å². The minimum atomic E-state index is 0.330. The average molecular weight is 148 g/mol. The van der Waals surface area contributed by atoms with Gasteiger partial charge in [0.1, 0.15) is 10.0 Å². The molecular weight excluding hydrogens is 146 g/mol. The van der Waals surface area contributed by atoms with Crippen LogP contribution < -0.4 is 0 Å². The number of halogens is 1. The second-order valence-electron chi connectivity index (χ2n) is 1.17. The van der Waals surface area contributed by atoms with Crippen LogP contribution in [0.5, 0.6) is 0 Å². The SMILES string of the molecule is O=Nc1ccsc1Cl. The second kappa shape index (κ2) is 2.24. The van der Waals surface area contributed by atoms with E-state index in [1.807, 2.05) is 0 Å². The average Bonchev–Trinajstić information content (AvgIpc) is 2.14. The van der Waals surface area contributed by atoms with Gasteiger partial charge >= 0.3 is 0 Å². The largest absolute Gasteiger partial charge is 0.145 e. The third-order valence-corrected chi connectivity index (χ3v) is 1.85. The van der Waals surface area contributed by atoms with Gasteiger partial charge in [-0.15, -0.1) is 16.2 Å². The first-order chi connectivity index (χ1) is 3.84. The first-order valence-corrected chi connectivity index (χ1v) is 3.16. The molecule has 0 fully saturated rings. The van der Waals surface area contributed by atoms with E-state index in [0.29, 0.717) is 10.0 Å². The first kappa shape index (κ1) is 5.72. The highest BCUT2D eigenvalue weighted by Crippen LogP contribution is 2.29. The van der Waals surface area contributed by atoms with Gasteiger partial charge in [-0.2, -0.15) is 0 Å². The van der Waals surface area contributed by atoms with Gasteiger partial charge in [0, 0.05) is 0 Å². The number of thiophene rings is 1. The third-order valence-electron chi connectivity index (χ3n) is 0.697. The fourth-order valence-corrected chi connectivity index (χ4v) is 1.14. The summed E-state index contributed by atoms with van der Waals surface area (Å²) in [6, 6.07) is 1.58. The van der Waals surface area contributed by atoms with Gasteiger partial charge in [0.2, 0.25) is 0 Å². The maximum Gasteiger partial charge on any atom is 0.137 e. The van der Waals surface area contributed by atoms with Gasteiger partial charge in [-0.05, 0) is 16.6 Å². The van der Waals surface area contributed by atoms with E-state index in [1.54, 1.807) is 11.4 Å². The lowest BCUT2D eigenvalue weighted by molar-refractivity contribution is 1.55. The van der Waals surface area contributed by atoms with Crippen LogP contribution in [0.2, 0.25) is 4.34 Å². The lowest BCUT2D eigenvalue weighted by atomic mass is 10.6. The molecule has 0 aliphatic heterocycles. The molecule has 0 aliphatic rings. The van der Waals surface area contributed by atoms with Crippen LogP contribution in [0.4, 0.5) is 5.69 Å². The molecule has 1 aromatic heterocycles. The molecule has 0 unspecified atom stereocenters. The molecule has 4 heteroatoms. The molecule has 1 aromatic rings. The Morgan fingerprint density at radius 2 is 2.50 bits per heavy atom. The standard InChI is InChI=1S/C4H2ClNOS/c5-4-3(6-7)1-2-8-4/h1-2H. The van der Waals surface area contributed by atoms with Crippen molar-refractivity contribution in [1.82, 2.24) is 0 Å². The van der Waals surface area contributed by atoms with Crippen molar-refractivity contribution >= 4 is 28.6 Å². The second-order valence-corrected chi connectivity index (χ2v) is 2.69. The molecule has 0 aliphatic carbocycles. The summed E-state index contributed by atoms with van der Waals surface area (Å²) in [4.78, 5) is 9.76. The lowest BCUT2D eigenvalue weighted by Crippen LogP contribution is -1.46. The number of nitrogens with zero attached hydrogens (tertiary/aromatic N) is 1. The fourth-order valence-electron chi connectivity index (χ4n) is 0.350. The molecule has 0 saturated carbocycles. The van der Waals surface area contributed by atoms with Crippen molar-refractivity contribution in [3.05, 3.63) is 20.7 Å². The molecule has 8 heavy (non-hydrogen) atoms. The van der Waals surface area contributed by atoms with Crippen LogP contribution in [0, 0.1) is 4.91 Å². The van der Waals surface area contributed by atoms with E-state index in [0.717, 1.165) is 0 Å². The molecule has 0 amide bonds. The van der Waals surface area contributed by atoms with E-state index in [2.05, 4.69) is 5.18 Å². The number of rotatable bonds is 1. The van der Waals surface area contributed by atoms with Crippen LogP contribution in [0.25, 0.3) is 0 Å². The van der Waals surface area contributed by atoms with E-state index >= 15 is 0 Å². The van der Waals surface area contributed by atoms with E-state index in [9.17, 15) is 4.91 Å². The first-order valence-electron chi connectivity index (χ1n) is 1.91. The van der Waals surface area contributed by atoms with E-state index in [4.69, 9.17) is 11.6 Å². The molecule has 1 heterocycles. The molecule has 2 nitrogen and oxygen atoms in total. The lowest BCUT2D eigenvalue weighted by Gasteiger charge is -1.74. The van der Waals surface area contributed by atoms with Crippen molar-refractivity contribution in [3.8, 4) is 0 Å². The van der Waals surface area contributed by atoms with Crippen molar-refractivity contribution in [1.29, 1.82) is 0 Å². The number of hydrogen-bond acceptors (Lipinski definition) is 3. The number of nitroso groups, excluding NO2 is 1. The van der Waals surface area contributed by atoms with Gasteiger partial charge in [0.05, 0.1) is 0 Å². The summed E-state index contributed by atoms with van der Waals surface area (Å²) in [5.41, 5.74) is 0.330. The molecular formula is C4H2ClNOS. The van der Waals surface area contributed by atoms with Crippen LogP contribution in [0.1, 0.15) is 0 Å². The van der Waals surface area contributed by atoms with Gasteiger partial charge < -0.3 is 0 Å². The summed E-state index contributed by atoms with van der Waals surface area (Å²) in [5, 5.41) is 4.38. The van der Waals surface area contributed by atoms with Gasteiger partial charge in [-0.3, -0.25) is 0 Å². The summed E-state index contributed by atoms with van der Waals surface area (Å²) in [5.74, 6) is 0. The minimum absolute atomic E-state index is 0.330. The fraction of sp³-hybridized carbons (Fsp3) is 0. The van der Waals surface area contributed by atoms with Crippen molar-refractivity contribution in [2.45, 2.75) is 0 Å². The van der Waals surface area contributed by atoms with Gasteiger partial charge in [-0.1, -0.05) is 11.6 Å². The predicted molar refractivity (Wildman–Crippen MR) is 34.8 cm³/mol. The van der Waals surface area contributed by atoms with Crippen LogP contribution >= 0.6 is 22.9 Å². The normalized spacial score (nSPS) is 9.12. The van der Waals surface area contributed by atoms with Gasteiger partial charge in [0.15, 0.2) is 0 Å². The van der Waals surface area contributed by atoms with Crippen LogP contribution in [-0.2, 0) is 0 Å². The van der Waals surface area contributed by atoms with Crippen molar-refractivity contribution in [2.24, 2.45) is 5.18 Å². The van der Waals surface area contributed by atoms with Crippen LogP contribution in [0.15, 0.2) is 16.6 Å². The van der Waals surface area contributed by atoms with Crippen molar-refractivity contribution in [2.75, 3.05) is 0 Å². The van der Waals surface area contributed by atoms with Crippen LogP contribution in [-0.4, -0.2) is 0 Å². The van der Waals surface area contributed by atoms with E-state index in [1.165, 1.54) is 11.3 Å². The third kappa shape index (κ3) is 0.877. The molecule has 0 aromatic carbocycles. The summed E-state index contributed by atoms with van der Waals surface area (Å²) in [7, 11) is 0. The molecule has 0 saturated heterocycles. The Morgan fingerprint density at radius 3 is 2.75 bits per heavy atom. The molecule has 42 valence electrons.